The van der Waals surface area contributed by atoms with Crippen molar-refractivity contribution in [2.45, 2.75) is 25.9 Å². The Bertz CT molecular complexity index is 213. The second-order valence-electron chi connectivity index (χ2n) is 2.54. The van der Waals surface area contributed by atoms with Crippen LogP contribution in [0.25, 0.3) is 0 Å². The van der Waals surface area contributed by atoms with E-state index in [0.717, 1.165) is 12.5 Å². The molecule has 0 radical (unpaired) electrons. The van der Waals surface area contributed by atoms with Crippen LogP contribution >= 0.6 is 0 Å². The van der Waals surface area contributed by atoms with E-state index in [0.29, 0.717) is 12.1 Å². The fourth-order valence-corrected chi connectivity index (χ4v) is 0.689. The minimum atomic E-state index is -4.27. The molecule has 0 rings (SSSR count). The molecule has 0 unspecified atom stereocenters. The Morgan fingerprint density at radius 2 is 1.92 bits per heavy atom. The lowest BCUT2D eigenvalue weighted by atomic mass is 10.2. The number of rotatable bonds is 4. The lowest BCUT2D eigenvalue weighted by Crippen LogP contribution is -1.99. The highest BCUT2D eigenvalue weighted by molar-refractivity contribution is 5.92. The zero-order valence-electron chi connectivity index (χ0n) is 7.36. The summed E-state index contributed by atoms with van der Waals surface area (Å²) in [4.78, 5) is 0. The van der Waals surface area contributed by atoms with Gasteiger partial charge in [-0.05, 0) is 12.5 Å². The smallest absolute Gasteiger partial charge is 0.305 e. The highest BCUT2D eigenvalue weighted by atomic mass is 19.4. The number of nitrogens with one attached hydrogen (secondary N) is 1. The van der Waals surface area contributed by atoms with Gasteiger partial charge in [0, 0.05) is 11.8 Å². The topological polar surface area (TPSA) is 23.9 Å². The lowest BCUT2D eigenvalue weighted by molar-refractivity contribution is -0.0798. The second-order valence-corrected chi connectivity index (χ2v) is 2.54. The predicted molar refractivity (Wildman–Crippen MR) is 47.0 cm³/mol. The van der Waals surface area contributed by atoms with Gasteiger partial charge in [0.15, 0.2) is 0 Å². The maximum atomic E-state index is 11.6. The third-order valence-electron chi connectivity index (χ3n) is 1.21. The number of allylic oxidation sites excluding steroid dienone is 4. The van der Waals surface area contributed by atoms with Crippen molar-refractivity contribution in [3.05, 3.63) is 24.3 Å². The van der Waals surface area contributed by atoms with Gasteiger partial charge in [0.2, 0.25) is 0 Å². The first-order chi connectivity index (χ1) is 5.95. The van der Waals surface area contributed by atoms with Crippen molar-refractivity contribution in [2.75, 3.05) is 0 Å². The van der Waals surface area contributed by atoms with Crippen molar-refractivity contribution >= 4 is 5.71 Å². The van der Waals surface area contributed by atoms with E-state index in [1.807, 2.05) is 6.92 Å². The van der Waals surface area contributed by atoms with E-state index in [1.54, 1.807) is 0 Å². The summed E-state index contributed by atoms with van der Waals surface area (Å²) in [5.74, 6) is 0. The van der Waals surface area contributed by atoms with E-state index in [9.17, 15) is 13.2 Å². The third-order valence-corrected chi connectivity index (χ3v) is 1.21. The van der Waals surface area contributed by atoms with E-state index in [4.69, 9.17) is 5.41 Å². The van der Waals surface area contributed by atoms with Crippen molar-refractivity contribution in [3.8, 4) is 0 Å². The Morgan fingerprint density at radius 1 is 1.31 bits per heavy atom. The molecule has 0 saturated carbocycles. The molecule has 0 fully saturated rings. The largest absolute Gasteiger partial charge is 0.409 e. The fraction of sp³-hybridized carbons (Fsp3) is 0.444. The summed E-state index contributed by atoms with van der Waals surface area (Å²) in [6.07, 6.45) is 0.782. The molecular formula is C9H12F3N. The molecule has 0 aliphatic carbocycles. The molecule has 1 N–H and O–H groups in total. The molecule has 0 aromatic heterocycles. The summed E-state index contributed by atoms with van der Waals surface area (Å²) < 4.78 is 34.7. The maximum Gasteiger partial charge on any atom is 0.409 e. The summed E-state index contributed by atoms with van der Waals surface area (Å²) in [7, 11) is 0. The highest BCUT2D eigenvalue weighted by Gasteiger charge is 2.21. The average molecular weight is 191 g/mol. The first-order valence-corrected chi connectivity index (χ1v) is 3.95. The average Bonchev–Trinajstić information content (AvgIpc) is 1.97. The van der Waals surface area contributed by atoms with Crippen LogP contribution in [0.1, 0.15) is 19.8 Å². The van der Waals surface area contributed by atoms with Gasteiger partial charge < -0.3 is 5.41 Å². The highest BCUT2D eigenvalue weighted by Crippen LogP contribution is 2.15. The maximum absolute atomic E-state index is 11.6. The standard InChI is InChI=1S/C9H12F3N/c1-2-5-8(13)6-3-4-7-9(10,11)12/h3-4,6-7,13H,2,5H2,1H3/b6-3-,7-4+,13-8?. The molecule has 74 valence electrons. The molecule has 13 heavy (non-hydrogen) atoms. The van der Waals surface area contributed by atoms with Gasteiger partial charge >= 0.3 is 6.18 Å². The van der Waals surface area contributed by atoms with E-state index < -0.39 is 6.18 Å². The van der Waals surface area contributed by atoms with Crippen LogP contribution in [0, 0.1) is 5.41 Å². The van der Waals surface area contributed by atoms with Crippen LogP contribution in [-0.2, 0) is 0 Å². The molecule has 0 amide bonds. The third kappa shape index (κ3) is 8.85. The number of halogens is 3. The first kappa shape index (κ1) is 11.9. The van der Waals surface area contributed by atoms with Crippen molar-refractivity contribution < 1.29 is 13.2 Å². The molecule has 0 bridgehead atoms. The summed E-state index contributed by atoms with van der Waals surface area (Å²) in [5, 5.41) is 7.22. The minimum absolute atomic E-state index is 0.142. The normalized spacial score (nSPS) is 12.9. The van der Waals surface area contributed by atoms with Crippen LogP contribution in [0.15, 0.2) is 24.3 Å². The van der Waals surface area contributed by atoms with Gasteiger partial charge in [-0.25, -0.2) is 0 Å². The van der Waals surface area contributed by atoms with Gasteiger partial charge in [0.25, 0.3) is 0 Å². The van der Waals surface area contributed by atoms with E-state index in [-0.39, 0.29) is 6.08 Å². The van der Waals surface area contributed by atoms with Crippen molar-refractivity contribution in [1.29, 1.82) is 5.41 Å². The molecule has 0 aromatic carbocycles. The predicted octanol–water partition coefficient (Wildman–Crippen LogP) is 3.48. The molecule has 0 atom stereocenters. The molecule has 1 nitrogen and oxygen atoms in total. The Hall–Kier alpha value is -1.06. The quantitative estimate of drug-likeness (QED) is 0.519. The van der Waals surface area contributed by atoms with Crippen LogP contribution in [-0.4, -0.2) is 11.9 Å². The molecule has 0 aliphatic rings. The zero-order valence-corrected chi connectivity index (χ0v) is 7.36. The van der Waals surface area contributed by atoms with E-state index in [2.05, 4.69) is 0 Å². The van der Waals surface area contributed by atoms with Crippen LogP contribution < -0.4 is 0 Å². The monoisotopic (exact) mass is 191 g/mol. The van der Waals surface area contributed by atoms with Crippen LogP contribution in [0.4, 0.5) is 13.2 Å². The number of hydrogen-bond donors (Lipinski definition) is 1. The molecule has 0 spiro atoms. The molecule has 0 saturated heterocycles. The fourth-order valence-electron chi connectivity index (χ4n) is 0.689. The van der Waals surface area contributed by atoms with Crippen molar-refractivity contribution in [2.24, 2.45) is 0 Å². The van der Waals surface area contributed by atoms with Crippen LogP contribution in [0.2, 0.25) is 0 Å². The van der Waals surface area contributed by atoms with Gasteiger partial charge in [0.05, 0.1) is 0 Å². The van der Waals surface area contributed by atoms with Crippen molar-refractivity contribution in [1.82, 2.24) is 0 Å². The molecule has 0 aromatic rings. The Balaban J connectivity index is 3.88. The molecule has 4 heteroatoms. The van der Waals surface area contributed by atoms with Gasteiger partial charge in [-0.2, -0.15) is 13.2 Å². The van der Waals surface area contributed by atoms with Gasteiger partial charge in [0.1, 0.15) is 0 Å². The minimum Gasteiger partial charge on any atom is -0.305 e. The number of hydrogen-bond acceptors (Lipinski definition) is 1. The Kier molecular flexibility index (Phi) is 5.11. The summed E-state index contributed by atoms with van der Waals surface area (Å²) in [6, 6.07) is 0. The van der Waals surface area contributed by atoms with Gasteiger partial charge in [-0.3, -0.25) is 0 Å². The van der Waals surface area contributed by atoms with E-state index in [1.165, 1.54) is 12.2 Å². The van der Waals surface area contributed by atoms with Crippen LogP contribution in [0.3, 0.4) is 0 Å². The number of alkyl halides is 3. The summed E-state index contributed by atoms with van der Waals surface area (Å²) >= 11 is 0. The molecule has 0 heterocycles. The Morgan fingerprint density at radius 3 is 2.38 bits per heavy atom. The zero-order chi connectivity index (χ0) is 10.3. The van der Waals surface area contributed by atoms with E-state index >= 15 is 0 Å². The van der Waals surface area contributed by atoms with Crippen molar-refractivity contribution in [3.63, 3.8) is 0 Å². The second kappa shape index (κ2) is 5.56. The SMILES string of the molecule is CCCC(=N)/C=C\C=C\C(F)(F)F. The lowest BCUT2D eigenvalue weighted by Gasteiger charge is -1.95. The molecular weight excluding hydrogens is 179 g/mol. The molecule has 0 aliphatic heterocycles. The Labute approximate surface area is 75.5 Å². The van der Waals surface area contributed by atoms with Gasteiger partial charge in [-0.15, -0.1) is 0 Å². The van der Waals surface area contributed by atoms with Gasteiger partial charge in [-0.1, -0.05) is 25.5 Å². The summed E-state index contributed by atoms with van der Waals surface area (Å²) in [5.41, 5.74) is 0.342. The summed E-state index contributed by atoms with van der Waals surface area (Å²) in [6.45, 7) is 1.91. The van der Waals surface area contributed by atoms with Crippen LogP contribution in [0.5, 0.6) is 0 Å². The first-order valence-electron chi connectivity index (χ1n) is 3.95.